The van der Waals surface area contributed by atoms with Crippen LogP contribution in [0, 0.1) is 13.8 Å². The van der Waals surface area contributed by atoms with Crippen LogP contribution in [0.4, 0.5) is 0 Å². The van der Waals surface area contributed by atoms with Crippen LogP contribution in [0.5, 0.6) is 5.75 Å². The summed E-state index contributed by atoms with van der Waals surface area (Å²) in [6.07, 6.45) is 3.85. The van der Waals surface area contributed by atoms with E-state index in [1.54, 1.807) is 12.1 Å². The van der Waals surface area contributed by atoms with Crippen LogP contribution in [0.2, 0.25) is 0 Å². The van der Waals surface area contributed by atoms with E-state index < -0.39 is 0 Å². The summed E-state index contributed by atoms with van der Waals surface area (Å²) in [7, 11) is 0. The molecule has 0 unspecified atom stereocenters. The van der Waals surface area contributed by atoms with Crippen molar-refractivity contribution in [1.29, 1.82) is 0 Å². The van der Waals surface area contributed by atoms with Gasteiger partial charge in [-0.25, -0.2) is 0 Å². The van der Waals surface area contributed by atoms with Crippen molar-refractivity contribution in [2.75, 3.05) is 6.54 Å². The molecule has 0 amide bonds. The van der Waals surface area contributed by atoms with Crippen molar-refractivity contribution < 1.29 is 5.11 Å². The minimum Gasteiger partial charge on any atom is -0.506 e. The Bertz CT molecular complexity index is 521. The first-order valence-electron chi connectivity index (χ1n) is 6.00. The van der Waals surface area contributed by atoms with Gasteiger partial charge in [0.25, 0.3) is 0 Å². The second kappa shape index (κ2) is 5.64. The van der Waals surface area contributed by atoms with E-state index in [4.69, 9.17) is 0 Å². The van der Waals surface area contributed by atoms with Crippen LogP contribution in [0.3, 0.4) is 0 Å². The first-order chi connectivity index (χ1) is 8.65. The zero-order valence-corrected chi connectivity index (χ0v) is 10.7. The molecule has 5 heteroatoms. The van der Waals surface area contributed by atoms with Gasteiger partial charge in [-0.2, -0.15) is 5.10 Å². The van der Waals surface area contributed by atoms with Gasteiger partial charge in [-0.15, -0.1) is 0 Å². The van der Waals surface area contributed by atoms with E-state index in [0.29, 0.717) is 12.2 Å². The minimum absolute atomic E-state index is 0.239. The van der Waals surface area contributed by atoms with Crippen molar-refractivity contribution >= 4 is 0 Å². The fourth-order valence-corrected chi connectivity index (χ4v) is 1.72. The molecule has 0 radical (unpaired) electrons. The topological polar surface area (TPSA) is 63.0 Å². The minimum atomic E-state index is 0.239. The van der Waals surface area contributed by atoms with Gasteiger partial charge in [-0.05, 0) is 31.5 Å². The third kappa shape index (κ3) is 3.30. The number of pyridine rings is 1. The number of aromatic hydroxyl groups is 1. The quantitative estimate of drug-likeness (QED) is 0.783. The van der Waals surface area contributed by atoms with Crippen molar-refractivity contribution in [1.82, 2.24) is 20.1 Å². The molecule has 96 valence electrons. The molecule has 18 heavy (non-hydrogen) atoms. The molecule has 0 aliphatic carbocycles. The second-order valence-corrected chi connectivity index (χ2v) is 4.38. The molecule has 0 spiro atoms. The average molecular weight is 246 g/mol. The van der Waals surface area contributed by atoms with E-state index in [0.717, 1.165) is 24.3 Å². The Morgan fingerprint density at radius 3 is 2.89 bits per heavy atom. The van der Waals surface area contributed by atoms with Gasteiger partial charge in [0, 0.05) is 25.0 Å². The molecule has 0 aliphatic rings. The smallest absolute Gasteiger partial charge is 0.138 e. The summed E-state index contributed by atoms with van der Waals surface area (Å²) < 4.78 is 1.89. The van der Waals surface area contributed by atoms with Crippen LogP contribution >= 0.6 is 0 Å². The van der Waals surface area contributed by atoms with Gasteiger partial charge in [0.05, 0.1) is 18.4 Å². The van der Waals surface area contributed by atoms with Crippen LogP contribution in [0.15, 0.2) is 24.5 Å². The van der Waals surface area contributed by atoms with Crippen LogP contribution in [-0.2, 0) is 13.1 Å². The molecule has 2 heterocycles. The lowest BCUT2D eigenvalue weighted by Gasteiger charge is -2.07. The lowest BCUT2D eigenvalue weighted by atomic mass is 10.3. The van der Waals surface area contributed by atoms with E-state index in [2.05, 4.69) is 15.4 Å². The highest BCUT2D eigenvalue weighted by Gasteiger charge is 2.02. The zero-order valence-electron chi connectivity index (χ0n) is 10.7. The highest BCUT2D eigenvalue weighted by atomic mass is 16.3. The molecular weight excluding hydrogens is 228 g/mol. The monoisotopic (exact) mass is 246 g/mol. The summed E-state index contributed by atoms with van der Waals surface area (Å²) in [6.45, 7) is 6.09. The van der Waals surface area contributed by atoms with Gasteiger partial charge in [0.1, 0.15) is 5.75 Å². The van der Waals surface area contributed by atoms with E-state index in [1.807, 2.05) is 30.9 Å². The normalized spacial score (nSPS) is 10.8. The number of rotatable bonds is 5. The van der Waals surface area contributed by atoms with Crippen LogP contribution in [0.1, 0.15) is 17.0 Å². The molecular formula is C13H18N4O. The maximum absolute atomic E-state index is 9.63. The Labute approximate surface area is 106 Å². The maximum Gasteiger partial charge on any atom is 0.138 e. The van der Waals surface area contributed by atoms with Crippen molar-refractivity contribution in [3.05, 3.63) is 41.5 Å². The predicted octanol–water partition coefficient (Wildman–Crippen LogP) is 1.39. The van der Waals surface area contributed by atoms with Crippen LogP contribution in [-0.4, -0.2) is 26.4 Å². The van der Waals surface area contributed by atoms with Crippen molar-refractivity contribution in [2.45, 2.75) is 26.9 Å². The summed E-state index contributed by atoms with van der Waals surface area (Å²) in [5.41, 5.74) is 2.76. The molecule has 0 aromatic carbocycles. The Balaban J connectivity index is 1.80. The fraction of sp³-hybridized carbons (Fsp3) is 0.385. The summed E-state index contributed by atoms with van der Waals surface area (Å²) in [4.78, 5) is 4.29. The SMILES string of the molecule is Cc1cnn(CCNCc2nc(C)ccc2O)c1. The fourth-order valence-electron chi connectivity index (χ4n) is 1.72. The number of nitrogens with zero attached hydrogens (tertiary/aromatic N) is 3. The highest BCUT2D eigenvalue weighted by molar-refractivity contribution is 5.27. The second-order valence-electron chi connectivity index (χ2n) is 4.38. The molecule has 0 saturated heterocycles. The molecule has 0 fully saturated rings. The van der Waals surface area contributed by atoms with Crippen molar-refractivity contribution in [2.24, 2.45) is 0 Å². The first-order valence-corrected chi connectivity index (χ1v) is 6.00. The van der Waals surface area contributed by atoms with Gasteiger partial charge >= 0.3 is 0 Å². The number of aromatic nitrogens is 3. The zero-order chi connectivity index (χ0) is 13.0. The maximum atomic E-state index is 9.63. The lowest BCUT2D eigenvalue weighted by molar-refractivity contribution is 0.456. The Hall–Kier alpha value is -1.88. The lowest BCUT2D eigenvalue weighted by Crippen LogP contribution is -2.20. The van der Waals surface area contributed by atoms with Crippen LogP contribution in [0.25, 0.3) is 0 Å². The Morgan fingerprint density at radius 2 is 2.17 bits per heavy atom. The molecule has 2 N–H and O–H groups in total. The molecule has 0 atom stereocenters. The number of nitrogens with one attached hydrogen (secondary N) is 1. The standard InChI is InChI=1S/C13H18N4O/c1-10-7-15-17(9-10)6-5-14-8-12-13(18)4-3-11(2)16-12/h3-4,7,9,14,18H,5-6,8H2,1-2H3. The average Bonchev–Trinajstić information content (AvgIpc) is 2.75. The van der Waals surface area contributed by atoms with Gasteiger partial charge in [-0.1, -0.05) is 0 Å². The Morgan fingerprint density at radius 1 is 1.33 bits per heavy atom. The van der Waals surface area contributed by atoms with E-state index in [-0.39, 0.29) is 5.75 Å². The third-order valence-corrected chi connectivity index (χ3v) is 2.66. The molecule has 2 aromatic rings. The number of hydrogen-bond donors (Lipinski definition) is 2. The molecule has 0 aliphatic heterocycles. The molecule has 2 rings (SSSR count). The molecule has 0 saturated carbocycles. The summed E-state index contributed by atoms with van der Waals surface area (Å²) in [6, 6.07) is 3.47. The highest BCUT2D eigenvalue weighted by Crippen LogP contribution is 2.13. The first kappa shape index (κ1) is 12.6. The van der Waals surface area contributed by atoms with Crippen molar-refractivity contribution in [3.8, 4) is 5.75 Å². The summed E-state index contributed by atoms with van der Waals surface area (Å²) >= 11 is 0. The summed E-state index contributed by atoms with van der Waals surface area (Å²) in [5.74, 6) is 0.239. The van der Waals surface area contributed by atoms with Gasteiger partial charge < -0.3 is 10.4 Å². The van der Waals surface area contributed by atoms with Gasteiger partial charge in [0.15, 0.2) is 0 Å². The molecule has 5 nitrogen and oxygen atoms in total. The van der Waals surface area contributed by atoms with Gasteiger partial charge in [0.2, 0.25) is 0 Å². The van der Waals surface area contributed by atoms with E-state index in [9.17, 15) is 5.11 Å². The summed E-state index contributed by atoms with van der Waals surface area (Å²) in [5, 5.41) is 17.1. The Kier molecular flexibility index (Phi) is 3.94. The van der Waals surface area contributed by atoms with Crippen LogP contribution < -0.4 is 5.32 Å². The molecule has 2 aromatic heterocycles. The third-order valence-electron chi connectivity index (χ3n) is 2.66. The van der Waals surface area contributed by atoms with Crippen molar-refractivity contribution in [3.63, 3.8) is 0 Å². The van der Waals surface area contributed by atoms with E-state index >= 15 is 0 Å². The van der Waals surface area contributed by atoms with E-state index in [1.165, 1.54) is 0 Å². The van der Waals surface area contributed by atoms with Gasteiger partial charge in [-0.3, -0.25) is 9.67 Å². The largest absolute Gasteiger partial charge is 0.506 e. The number of aryl methyl sites for hydroxylation is 2. The molecule has 0 bridgehead atoms. The number of hydrogen-bond acceptors (Lipinski definition) is 4. The predicted molar refractivity (Wildman–Crippen MR) is 69.3 cm³/mol.